The molecule has 0 amide bonds. The molecule has 3 aromatic heterocycles. The lowest BCUT2D eigenvalue weighted by Crippen LogP contribution is -2.27. The van der Waals surface area contributed by atoms with E-state index in [1.54, 1.807) is 30.8 Å². The standard InChI is InChI=1S/C23H22N4OS.ClH/c1-23(2,3)26-22-21(25-20-15-24-13-14-27(20)22)19-12-11-17(29-19)10-9-16-7-5-6-8-18(16)28-4;/h5-8,11-15,26H,1-4H3;1H. The first-order chi connectivity index (χ1) is 13.9. The zero-order valence-corrected chi connectivity index (χ0v) is 18.9. The third kappa shape index (κ3) is 4.59. The van der Waals surface area contributed by atoms with E-state index < -0.39 is 0 Å². The summed E-state index contributed by atoms with van der Waals surface area (Å²) in [7, 11) is 1.66. The zero-order valence-electron chi connectivity index (χ0n) is 17.3. The van der Waals surface area contributed by atoms with E-state index in [2.05, 4.69) is 49.0 Å². The summed E-state index contributed by atoms with van der Waals surface area (Å²) >= 11 is 1.62. The fourth-order valence-corrected chi connectivity index (χ4v) is 3.81. The van der Waals surface area contributed by atoms with Crippen molar-refractivity contribution < 1.29 is 4.74 Å². The zero-order chi connectivity index (χ0) is 20.4. The highest BCUT2D eigenvalue weighted by molar-refractivity contribution is 7.16. The molecule has 0 bridgehead atoms. The Kier molecular flexibility index (Phi) is 6.35. The fraction of sp³-hybridized carbons (Fsp3) is 0.217. The van der Waals surface area contributed by atoms with Crippen LogP contribution in [0.2, 0.25) is 0 Å². The van der Waals surface area contributed by atoms with Gasteiger partial charge in [0.15, 0.2) is 5.65 Å². The number of aromatic nitrogens is 3. The maximum atomic E-state index is 5.38. The molecule has 154 valence electrons. The van der Waals surface area contributed by atoms with E-state index in [0.29, 0.717) is 0 Å². The van der Waals surface area contributed by atoms with E-state index in [9.17, 15) is 0 Å². The summed E-state index contributed by atoms with van der Waals surface area (Å²) in [6, 6.07) is 11.9. The van der Waals surface area contributed by atoms with Crippen molar-refractivity contribution in [2.45, 2.75) is 26.3 Å². The van der Waals surface area contributed by atoms with Crippen LogP contribution in [0.25, 0.3) is 16.2 Å². The van der Waals surface area contributed by atoms with Gasteiger partial charge in [0.05, 0.1) is 28.6 Å². The molecule has 4 rings (SSSR count). The molecule has 0 aliphatic carbocycles. The van der Waals surface area contributed by atoms with Gasteiger partial charge in [0.25, 0.3) is 0 Å². The smallest absolute Gasteiger partial charge is 0.157 e. The number of nitrogens with zero attached hydrogens (tertiary/aromatic N) is 3. The van der Waals surface area contributed by atoms with Crippen molar-refractivity contribution in [1.82, 2.24) is 14.4 Å². The Morgan fingerprint density at radius 1 is 1.10 bits per heavy atom. The third-order valence-corrected chi connectivity index (χ3v) is 5.20. The Balaban J connectivity index is 0.00000256. The number of hydrogen-bond donors (Lipinski definition) is 1. The molecule has 0 aliphatic rings. The SMILES string of the molecule is COc1ccccc1C#Cc1ccc(-c2nc3cnccn3c2NC(C)(C)C)s1.Cl. The maximum Gasteiger partial charge on any atom is 0.157 e. The van der Waals surface area contributed by atoms with Gasteiger partial charge in [-0.25, -0.2) is 4.98 Å². The number of methoxy groups -OCH3 is 1. The van der Waals surface area contributed by atoms with Gasteiger partial charge in [-0.05, 0) is 45.0 Å². The lowest BCUT2D eigenvalue weighted by atomic mass is 10.1. The highest BCUT2D eigenvalue weighted by Gasteiger charge is 2.20. The summed E-state index contributed by atoms with van der Waals surface area (Å²) in [4.78, 5) is 11.0. The van der Waals surface area contributed by atoms with Crippen LogP contribution in [0.5, 0.6) is 5.75 Å². The fourth-order valence-electron chi connectivity index (χ4n) is 2.96. The van der Waals surface area contributed by atoms with Crippen molar-refractivity contribution >= 4 is 35.2 Å². The molecule has 1 aromatic carbocycles. The van der Waals surface area contributed by atoms with Crippen LogP contribution in [0.15, 0.2) is 55.0 Å². The number of thiophene rings is 1. The molecule has 4 aromatic rings. The second-order valence-corrected chi connectivity index (χ2v) is 8.69. The number of benzene rings is 1. The van der Waals surface area contributed by atoms with Gasteiger partial charge in [0.2, 0.25) is 0 Å². The van der Waals surface area contributed by atoms with Crippen molar-refractivity contribution in [2.24, 2.45) is 0 Å². The van der Waals surface area contributed by atoms with Gasteiger partial charge in [-0.2, -0.15) is 0 Å². The summed E-state index contributed by atoms with van der Waals surface area (Å²) in [6.45, 7) is 6.40. The van der Waals surface area contributed by atoms with Crippen LogP contribution < -0.4 is 10.1 Å². The number of nitrogens with one attached hydrogen (secondary N) is 1. The first kappa shape index (κ1) is 21.7. The van der Waals surface area contributed by atoms with E-state index in [1.165, 1.54) is 0 Å². The summed E-state index contributed by atoms with van der Waals surface area (Å²) in [5, 5.41) is 3.58. The Labute approximate surface area is 186 Å². The second-order valence-electron chi connectivity index (χ2n) is 7.60. The molecule has 0 aliphatic heterocycles. The number of fused-ring (bicyclic) bond motifs is 1. The van der Waals surface area contributed by atoms with Crippen molar-refractivity contribution in [2.75, 3.05) is 12.4 Å². The normalized spacial score (nSPS) is 10.8. The molecule has 0 unspecified atom stereocenters. The highest BCUT2D eigenvalue weighted by Crippen LogP contribution is 2.34. The first-order valence-electron chi connectivity index (χ1n) is 9.30. The minimum atomic E-state index is -0.0995. The lowest BCUT2D eigenvalue weighted by Gasteiger charge is -2.22. The van der Waals surface area contributed by atoms with Gasteiger partial charge in [0.1, 0.15) is 17.3 Å². The molecule has 0 radical (unpaired) electrons. The van der Waals surface area contributed by atoms with Gasteiger partial charge in [-0.1, -0.05) is 24.0 Å². The van der Waals surface area contributed by atoms with Crippen LogP contribution in [0.4, 0.5) is 5.82 Å². The van der Waals surface area contributed by atoms with Gasteiger partial charge >= 0.3 is 0 Å². The average Bonchev–Trinajstić information content (AvgIpc) is 3.30. The molecule has 0 atom stereocenters. The minimum Gasteiger partial charge on any atom is -0.495 e. The van der Waals surface area contributed by atoms with Crippen LogP contribution in [0, 0.1) is 11.8 Å². The first-order valence-corrected chi connectivity index (χ1v) is 10.1. The van der Waals surface area contributed by atoms with Crippen LogP contribution in [-0.4, -0.2) is 27.0 Å². The van der Waals surface area contributed by atoms with Gasteiger partial charge < -0.3 is 10.1 Å². The molecule has 0 saturated heterocycles. The van der Waals surface area contributed by atoms with E-state index in [4.69, 9.17) is 9.72 Å². The van der Waals surface area contributed by atoms with Crippen LogP contribution in [0.1, 0.15) is 31.2 Å². The van der Waals surface area contributed by atoms with E-state index in [1.807, 2.05) is 40.9 Å². The Morgan fingerprint density at radius 3 is 2.67 bits per heavy atom. The minimum absolute atomic E-state index is 0. The van der Waals surface area contributed by atoms with Gasteiger partial charge in [-0.15, -0.1) is 23.7 Å². The predicted molar refractivity (Wildman–Crippen MR) is 126 cm³/mol. The molecule has 0 spiro atoms. The van der Waals surface area contributed by atoms with Crippen LogP contribution in [0.3, 0.4) is 0 Å². The number of imidazole rings is 1. The number of para-hydroxylation sites is 1. The summed E-state index contributed by atoms with van der Waals surface area (Å²) in [5.41, 5.74) is 2.49. The molecular weight excluding hydrogens is 416 g/mol. The van der Waals surface area contributed by atoms with Crippen molar-refractivity contribution in [3.8, 4) is 28.2 Å². The number of hydrogen-bond acceptors (Lipinski definition) is 5. The Bertz CT molecular complexity index is 1230. The van der Waals surface area contributed by atoms with E-state index in [-0.39, 0.29) is 17.9 Å². The predicted octanol–water partition coefficient (Wildman–Crippen LogP) is 5.50. The van der Waals surface area contributed by atoms with Crippen molar-refractivity contribution in [1.29, 1.82) is 0 Å². The number of anilines is 1. The molecule has 7 heteroatoms. The number of halogens is 1. The highest BCUT2D eigenvalue weighted by atomic mass is 35.5. The Hall–Kier alpha value is -3.01. The van der Waals surface area contributed by atoms with E-state index >= 15 is 0 Å². The molecule has 3 heterocycles. The number of rotatable bonds is 3. The van der Waals surface area contributed by atoms with Crippen LogP contribution in [-0.2, 0) is 0 Å². The molecule has 30 heavy (non-hydrogen) atoms. The monoisotopic (exact) mass is 438 g/mol. The molecule has 0 fully saturated rings. The largest absolute Gasteiger partial charge is 0.495 e. The second kappa shape index (κ2) is 8.78. The quantitative estimate of drug-likeness (QED) is 0.429. The summed E-state index contributed by atoms with van der Waals surface area (Å²) in [6.07, 6.45) is 5.47. The topological polar surface area (TPSA) is 51.5 Å². The molecule has 0 saturated carbocycles. The van der Waals surface area contributed by atoms with Crippen molar-refractivity contribution in [3.05, 3.63) is 65.4 Å². The van der Waals surface area contributed by atoms with Crippen molar-refractivity contribution in [3.63, 3.8) is 0 Å². The molecule has 5 nitrogen and oxygen atoms in total. The lowest BCUT2D eigenvalue weighted by molar-refractivity contribution is 0.413. The average molecular weight is 439 g/mol. The third-order valence-electron chi connectivity index (χ3n) is 4.19. The number of ether oxygens (including phenoxy) is 1. The Morgan fingerprint density at radius 2 is 1.90 bits per heavy atom. The molecular formula is C23H23ClN4OS. The molecule has 1 N–H and O–H groups in total. The van der Waals surface area contributed by atoms with Gasteiger partial charge in [0, 0.05) is 17.9 Å². The van der Waals surface area contributed by atoms with E-state index in [0.717, 1.165) is 38.2 Å². The summed E-state index contributed by atoms with van der Waals surface area (Å²) < 4.78 is 7.41. The van der Waals surface area contributed by atoms with Crippen LogP contribution >= 0.6 is 23.7 Å². The summed E-state index contributed by atoms with van der Waals surface area (Å²) in [5.74, 6) is 8.20. The van der Waals surface area contributed by atoms with Gasteiger partial charge in [-0.3, -0.25) is 9.38 Å². The maximum absolute atomic E-state index is 5.38.